The van der Waals surface area contributed by atoms with Gasteiger partial charge in [0.15, 0.2) is 4.90 Å². The maximum atomic E-state index is 13.1. The highest BCUT2D eigenvalue weighted by Crippen LogP contribution is 2.27. The summed E-state index contributed by atoms with van der Waals surface area (Å²) in [5.74, 6) is -0.647. The number of anilines is 1. The van der Waals surface area contributed by atoms with E-state index in [4.69, 9.17) is 23.2 Å². The first kappa shape index (κ1) is 23.7. The van der Waals surface area contributed by atoms with Crippen LogP contribution in [0.2, 0.25) is 10.0 Å². The van der Waals surface area contributed by atoms with Crippen molar-refractivity contribution in [3.05, 3.63) is 76.8 Å². The predicted octanol–water partition coefficient (Wildman–Crippen LogP) is 5.55. The van der Waals surface area contributed by atoms with Gasteiger partial charge in [0.05, 0.1) is 17.0 Å². The van der Waals surface area contributed by atoms with Crippen molar-refractivity contribution in [1.29, 1.82) is 0 Å². The zero-order valence-corrected chi connectivity index (χ0v) is 20.0. The quantitative estimate of drug-likeness (QED) is 0.453. The summed E-state index contributed by atoms with van der Waals surface area (Å²) in [7, 11) is 0. The van der Waals surface area contributed by atoms with Crippen LogP contribution in [0.25, 0.3) is 0 Å². The molecule has 2 atom stereocenters. The first-order chi connectivity index (χ1) is 14.6. The van der Waals surface area contributed by atoms with Crippen molar-refractivity contribution in [3.63, 3.8) is 0 Å². The van der Waals surface area contributed by atoms with Crippen LogP contribution >= 0.6 is 23.2 Å². The van der Waals surface area contributed by atoms with Crippen molar-refractivity contribution >= 4 is 46.0 Å². The van der Waals surface area contributed by atoms with E-state index in [9.17, 15) is 9.35 Å². The minimum atomic E-state index is -1.35. The molecular weight excluding hydrogens is 453 g/mol. The third-order valence-corrected chi connectivity index (χ3v) is 6.94. The fraction of sp³-hybridized carbons (Fsp3) is 0.304. The molecule has 1 amide bonds. The van der Waals surface area contributed by atoms with Gasteiger partial charge in [-0.25, -0.2) is 4.98 Å². The summed E-state index contributed by atoms with van der Waals surface area (Å²) in [5, 5.41) is 3.67. The lowest BCUT2D eigenvalue weighted by Crippen LogP contribution is -2.32. The lowest BCUT2D eigenvalue weighted by molar-refractivity contribution is -0.119. The number of hydrogen-bond donors (Lipinski definition) is 1. The van der Waals surface area contributed by atoms with Gasteiger partial charge < -0.3 is 14.4 Å². The van der Waals surface area contributed by atoms with Crippen molar-refractivity contribution in [3.8, 4) is 0 Å². The highest BCUT2D eigenvalue weighted by atomic mass is 35.5. The minimum absolute atomic E-state index is 0.0156. The summed E-state index contributed by atoms with van der Waals surface area (Å²) in [6.07, 6.45) is 5.06. The zero-order chi connectivity index (χ0) is 22.6. The van der Waals surface area contributed by atoms with Gasteiger partial charge in [-0.15, -0.1) is 0 Å². The van der Waals surface area contributed by atoms with Gasteiger partial charge in [0.2, 0.25) is 5.91 Å². The number of rotatable bonds is 7. The molecule has 0 aliphatic carbocycles. The van der Waals surface area contributed by atoms with E-state index in [1.807, 2.05) is 24.3 Å². The van der Waals surface area contributed by atoms with Gasteiger partial charge in [-0.3, -0.25) is 4.79 Å². The average Bonchev–Trinajstić information content (AvgIpc) is 3.22. The third kappa shape index (κ3) is 6.50. The van der Waals surface area contributed by atoms with E-state index < -0.39 is 17.1 Å². The summed E-state index contributed by atoms with van der Waals surface area (Å²) in [6, 6.07) is 12.6. The Labute approximate surface area is 196 Å². The van der Waals surface area contributed by atoms with Crippen LogP contribution < -0.4 is 5.32 Å². The number of imidazole rings is 1. The van der Waals surface area contributed by atoms with Crippen molar-refractivity contribution in [1.82, 2.24) is 9.55 Å². The van der Waals surface area contributed by atoms with Crippen LogP contribution in [0.15, 0.2) is 66.1 Å². The van der Waals surface area contributed by atoms with Crippen LogP contribution in [0.1, 0.15) is 26.3 Å². The number of hydrogen-bond acceptors (Lipinski definition) is 3. The Morgan fingerprint density at radius 3 is 2.48 bits per heavy atom. The van der Waals surface area contributed by atoms with Crippen molar-refractivity contribution < 1.29 is 9.35 Å². The van der Waals surface area contributed by atoms with E-state index in [-0.39, 0.29) is 17.1 Å². The Morgan fingerprint density at radius 2 is 1.90 bits per heavy atom. The first-order valence-corrected chi connectivity index (χ1v) is 11.9. The Balaban J connectivity index is 1.77. The SMILES string of the molecule is CC(C)(C)c1ccc([S+]([O-])CC(Cn2ccnc2)C(=O)Nc2ccc(Cl)cc2Cl)cc1. The van der Waals surface area contributed by atoms with Gasteiger partial charge in [-0.1, -0.05) is 56.1 Å². The molecule has 3 aromatic rings. The van der Waals surface area contributed by atoms with Crippen molar-refractivity contribution in [2.75, 3.05) is 11.1 Å². The topological polar surface area (TPSA) is 70.0 Å². The molecule has 0 aliphatic rings. The monoisotopic (exact) mass is 477 g/mol. The molecule has 1 aromatic heterocycles. The maximum Gasteiger partial charge on any atom is 0.234 e. The number of aromatic nitrogens is 2. The summed E-state index contributed by atoms with van der Waals surface area (Å²) in [5.41, 5.74) is 1.65. The van der Waals surface area contributed by atoms with Crippen LogP contribution in [0.5, 0.6) is 0 Å². The normalized spacial score (nSPS) is 13.6. The molecule has 0 aliphatic heterocycles. The summed E-state index contributed by atoms with van der Waals surface area (Å²) >= 11 is 10.8. The van der Waals surface area contributed by atoms with Crippen LogP contribution in [-0.4, -0.2) is 25.8 Å². The van der Waals surface area contributed by atoms with E-state index in [1.165, 1.54) is 5.56 Å². The highest BCUT2D eigenvalue weighted by Gasteiger charge is 2.27. The standard InChI is InChI=1S/C23H25Cl2N3O2S/c1-23(2,3)17-4-7-19(8-5-17)31(30)14-16(13-28-11-10-26-15-28)22(29)27-21-9-6-18(24)12-20(21)25/h4-12,15-16H,13-14H2,1-3H3,(H,27,29). The number of amides is 1. The van der Waals surface area contributed by atoms with Crippen molar-refractivity contribution in [2.24, 2.45) is 5.92 Å². The minimum Gasteiger partial charge on any atom is -0.611 e. The number of carbonyl (C=O) groups excluding carboxylic acids is 1. The molecule has 31 heavy (non-hydrogen) atoms. The largest absolute Gasteiger partial charge is 0.611 e. The number of nitrogens with zero attached hydrogens (tertiary/aromatic N) is 2. The number of halogens is 2. The van der Waals surface area contributed by atoms with Gasteiger partial charge in [-0.2, -0.15) is 0 Å². The molecule has 0 spiro atoms. The van der Waals surface area contributed by atoms with Gasteiger partial charge in [0.1, 0.15) is 11.7 Å². The molecule has 0 saturated carbocycles. The summed E-state index contributed by atoms with van der Waals surface area (Å²) < 4.78 is 14.9. The fourth-order valence-electron chi connectivity index (χ4n) is 3.07. The number of nitrogens with one attached hydrogen (secondary N) is 1. The second-order valence-electron chi connectivity index (χ2n) is 8.36. The van der Waals surface area contributed by atoms with Crippen LogP contribution in [0.3, 0.4) is 0 Å². The van der Waals surface area contributed by atoms with Crippen LogP contribution in [0.4, 0.5) is 5.69 Å². The predicted molar refractivity (Wildman–Crippen MR) is 127 cm³/mol. The lowest BCUT2D eigenvalue weighted by atomic mass is 9.87. The molecule has 8 heteroatoms. The molecule has 1 N–H and O–H groups in total. The van der Waals surface area contributed by atoms with Crippen LogP contribution in [-0.2, 0) is 27.9 Å². The second-order valence-corrected chi connectivity index (χ2v) is 10.7. The molecule has 1 heterocycles. The van der Waals surface area contributed by atoms with Gasteiger partial charge in [0, 0.05) is 24.0 Å². The Morgan fingerprint density at radius 1 is 1.19 bits per heavy atom. The highest BCUT2D eigenvalue weighted by molar-refractivity contribution is 7.91. The van der Waals surface area contributed by atoms with E-state index in [2.05, 4.69) is 31.1 Å². The van der Waals surface area contributed by atoms with E-state index in [0.29, 0.717) is 27.2 Å². The first-order valence-electron chi connectivity index (χ1n) is 9.84. The van der Waals surface area contributed by atoms with Crippen molar-refractivity contribution in [2.45, 2.75) is 37.6 Å². The molecule has 164 valence electrons. The molecule has 0 bridgehead atoms. The lowest BCUT2D eigenvalue weighted by Gasteiger charge is -2.21. The molecule has 0 radical (unpaired) electrons. The van der Waals surface area contributed by atoms with Gasteiger partial charge >= 0.3 is 0 Å². The zero-order valence-electron chi connectivity index (χ0n) is 17.6. The Hall–Kier alpha value is -1.99. The fourth-order valence-corrected chi connectivity index (χ4v) is 4.78. The molecule has 2 aromatic carbocycles. The molecule has 3 rings (SSSR count). The van der Waals surface area contributed by atoms with E-state index >= 15 is 0 Å². The molecular formula is C23H25Cl2N3O2S. The van der Waals surface area contributed by atoms with E-state index in [0.717, 1.165) is 0 Å². The molecule has 0 fully saturated rings. The smallest absolute Gasteiger partial charge is 0.234 e. The van der Waals surface area contributed by atoms with E-state index in [1.54, 1.807) is 41.5 Å². The Bertz CT molecular complexity index is 1020. The third-order valence-electron chi connectivity index (χ3n) is 4.89. The Kier molecular flexibility index (Phi) is 7.70. The molecule has 5 nitrogen and oxygen atoms in total. The maximum absolute atomic E-state index is 13.1. The summed E-state index contributed by atoms with van der Waals surface area (Å²) in [6.45, 7) is 6.74. The molecule has 0 saturated heterocycles. The van der Waals surface area contributed by atoms with Crippen LogP contribution in [0, 0.1) is 5.92 Å². The second kappa shape index (κ2) is 10.1. The van der Waals surface area contributed by atoms with Gasteiger partial charge in [-0.05, 0) is 52.5 Å². The average molecular weight is 478 g/mol. The summed E-state index contributed by atoms with van der Waals surface area (Å²) in [4.78, 5) is 17.8. The molecule has 2 unspecified atom stereocenters. The number of benzene rings is 2. The van der Waals surface area contributed by atoms with Gasteiger partial charge in [0.25, 0.3) is 0 Å². The number of carbonyl (C=O) groups is 1.